The van der Waals surface area contributed by atoms with E-state index in [1.165, 1.54) is 31.4 Å². The monoisotopic (exact) mass is 308 g/mol. The Balaban J connectivity index is 0.00000162. The molecule has 1 fully saturated rings. The Morgan fingerprint density at radius 2 is 2.17 bits per heavy atom. The molecular formula is C13H22Cl2N2S. The molecule has 1 aromatic rings. The van der Waals surface area contributed by atoms with Gasteiger partial charge in [-0.1, -0.05) is 18.5 Å². The minimum absolute atomic E-state index is 0. The van der Waals surface area contributed by atoms with Crippen molar-refractivity contribution in [2.45, 2.75) is 38.8 Å². The predicted molar refractivity (Wildman–Crippen MR) is 83.2 cm³/mol. The van der Waals surface area contributed by atoms with E-state index in [-0.39, 0.29) is 12.4 Å². The van der Waals surface area contributed by atoms with E-state index in [1.807, 2.05) is 0 Å². The molecule has 0 amide bonds. The van der Waals surface area contributed by atoms with Crippen molar-refractivity contribution >= 4 is 35.3 Å². The molecule has 0 aromatic carbocycles. The molecule has 18 heavy (non-hydrogen) atoms. The number of thiophene rings is 1. The van der Waals surface area contributed by atoms with Gasteiger partial charge in [0, 0.05) is 12.6 Å². The minimum Gasteiger partial charge on any atom is -0.317 e. The molecule has 1 aliphatic heterocycles. The topological polar surface area (TPSA) is 15.3 Å². The lowest BCUT2D eigenvalue weighted by atomic mass is 10.0. The van der Waals surface area contributed by atoms with Crippen LogP contribution < -0.4 is 5.32 Å². The molecule has 0 aliphatic carbocycles. The Morgan fingerprint density at radius 3 is 2.72 bits per heavy atom. The Bertz CT molecular complexity index is 337. The van der Waals surface area contributed by atoms with Crippen molar-refractivity contribution in [1.82, 2.24) is 10.2 Å². The zero-order valence-corrected chi connectivity index (χ0v) is 13.2. The molecule has 2 heterocycles. The molecule has 1 N–H and O–H groups in total. The number of hydrogen-bond acceptors (Lipinski definition) is 3. The molecule has 0 radical (unpaired) electrons. The molecule has 2 nitrogen and oxygen atoms in total. The van der Waals surface area contributed by atoms with Crippen LogP contribution in [0.15, 0.2) is 11.4 Å². The maximum absolute atomic E-state index is 6.20. The van der Waals surface area contributed by atoms with Crippen molar-refractivity contribution in [3.63, 3.8) is 0 Å². The molecular weight excluding hydrogens is 287 g/mol. The second-order valence-electron chi connectivity index (χ2n) is 4.67. The lowest BCUT2D eigenvalue weighted by Crippen LogP contribution is -2.43. The predicted octanol–water partition coefficient (Wildman–Crippen LogP) is 3.79. The molecule has 5 heteroatoms. The number of piperidine rings is 1. The van der Waals surface area contributed by atoms with Crippen LogP contribution in [0.4, 0.5) is 0 Å². The Kier molecular flexibility index (Phi) is 7.57. The van der Waals surface area contributed by atoms with Crippen LogP contribution in [0.3, 0.4) is 0 Å². The first kappa shape index (κ1) is 16.3. The molecule has 0 spiro atoms. The first-order valence-corrected chi connectivity index (χ1v) is 7.73. The molecule has 0 bridgehead atoms. The average Bonchev–Trinajstić information content (AvgIpc) is 2.76. The van der Waals surface area contributed by atoms with Crippen molar-refractivity contribution in [3.05, 3.63) is 21.3 Å². The van der Waals surface area contributed by atoms with Crippen molar-refractivity contribution in [1.29, 1.82) is 0 Å². The van der Waals surface area contributed by atoms with Gasteiger partial charge in [-0.2, -0.15) is 0 Å². The van der Waals surface area contributed by atoms with E-state index in [1.54, 1.807) is 11.3 Å². The summed E-state index contributed by atoms with van der Waals surface area (Å²) in [6.07, 6.45) is 3.75. The Morgan fingerprint density at radius 1 is 1.44 bits per heavy atom. The summed E-state index contributed by atoms with van der Waals surface area (Å²) in [7, 11) is 0. The van der Waals surface area contributed by atoms with Gasteiger partial charge in [0.05, 0.1) is 4.34 Å². The van der Waals surface area contributed by atoms with Gasteiger partial charge in [0.15, 0.2) is 0 Å². The summed E-state index contributed by atoms with van der Waals surface area (Å²) in [6, 6.07) is 2.89. The first-order valence-electron chi connectivity index (χ1n) is 6.48. The average molecular weight is 309 g/mol. The van der Waals surface area contributed by atoms with Crippen LogP contribution in [0, 0.1) is 0 Å². The summed E-state index contributed by atoms with van der Waals surface area (Å²) < 4.78 is 0.958. The highest BCUT2D eigenvalue weighted by atomic mass is 35.5. The second kappa shape index (κ2) is 8.39. The van der Waals surface area contributed by atoms with E-state index in [2.05, 4.69) is 28.6 Å². The normalized spacial score (nSPS) is 16.8. The smallest absolute Gasteiger partial charge is 0.0973 e. The molecule has 0 atom stereocenters. The third-order valence-electron chi connectivity index (χ3n) is 3.40. The SMILES string of the molecule is CCCN(Cc1ccsc1Cl)C1CCNCC1.Cl. The lowest BCUT2D eigenvalue weighted by molar-refractivity contribution is 0.154. The van der Waals surface area contributed by atoms with Gasteiger partial charge in [0.2, 0.25) is 0 Å². The van der Waals surface area contributed by atoms with E-state index in [0.717, 1.165) is 30.0 Å². The van der Waals surface area contributed by atoms with E-state index in [9.17, 15) is 0 Å². The summed E-state index contributed by atoms with van der Waals surface area (Å²) in [5.41, 5.74) is 1.30. The van der Waals surface area contributed by atoms with Crippen LogP contribution in [0.25, 0.3) is 0 Å². The van der Waals surface area contributed by atoms with Gasteiger partial charge in [0.1, 0.15) is 0 Å². The van der Waals surface area contributed by atoms with Gasteiger partial charge in [-0.3, -0.25) is 4.90 Å². The molecule has 1 aliphatic rings. The van der Waals surface area contributed by atoms with Gasteiger partial charge in [-0.15, -0.1) is 23.7 Å². The summed E-state index contributed by atoms with van der Waals surface area (Å²) in [5.74, 6) is 0. The lowest BCUT2D eigenvalue weighted by Gasteiger charge is -2.34. The molecule has 2 rings (SSSR count). The molecule has 0 saturated carbocycles. The van der Waals surface area contributed by atoms with E-state index in [4.69, 9.17) is 11.6 Å². The standard InChI is InChI=1S/C13H21ClN2S.ClH/c1-2-8-16(12-3-6-15-7-4-12)10-11-5-9-17-13(11)14;/h5,9,12,15H,2-4,6-8,10H2,1H3;1H. The van der Waals surface area contributed by atoms with E-state index >= 15 is 0 Å². The van der Waals surface area contributed by atoms with Gasteiger partial charge in [0.25, 0.3) is 0 Å². The third kappa shape index (κ3) is 4.39. The highest BCUT2D eigenvalue weighted by molar-refractivity contribution is 7.14. The summed E-state index contributed by atoms with van der Waals surface area (Å²) in [4.78, 5) is 2.61. The highest BCUT2D eigenvalue weighted by Crippen LogP contribution is 2.26. The van der Waals surface area contributed by atoms with Crippen molar-refractivity contribution in [3.8, 4) is 0 Å². The fourth-order valence-electron chi connectivity index (χ4n) is 2.50. The zero-order chi connectivity index (χ0) is 12.1. The number of nitrogens with one attached hydrogen (secondary N) is 1. The van der Waals surface area contributed by atoms with Crippen molar-refractivity contribution in [2.75, 3.05) is 19.6 Å². The fraction of sp³-hybridized carbons (Fsp3) is 0.692. The number of rotatable bonds is 5. The van der Waals surface area contributed by atoms with Crippen molar-refractivity contribution in [2.24, 2.45) is 0 Å². The second-order valence-corrected chi connectivity index (χ2v) is 6.19. The van der Waals surface area contributed by atoms with Crippen LogP contribution in [-0.2, 0) is 6.54 Å². The molecule has 104 valence electrons. The number of halogens is 2. The van der Waals surface area contributed by atoms with Gasteiger partial charge < -0.3 is 5.32 Å². The largest absolute Gasteiger partial charge is 0.317 e. The van der Waals surface area contributed by atoms with Gasteiger partial charge in [-0.25, -0.2) is 0 Å². The number of hydrogen-bond donors (Lipinski definition) is 1. The number of nitrogens with zero attached hydrogens (tertiary/aromatic N) is 1. The Hall–Kier alpha value is 0.200. The quantitative estimate of drug-likeness (QED) is 0.890. The fourth-order valence-corrected chi connectivity index (χ4v) is 3.41. The van der Waals surface area contributed by atoms with Crippen LogP contribution in [0.5, 0.6) is 0 Å². The van der Waals surface area contributed by atoms with Crippen LogP contribution in [0.2, 0.25) is 4.34 Å². The van der Waals surface area contributed by atoms with Crippen molar-refractivity contribution < 1.29 is 0 Å². The van der Waals surface area contributed by atoms with Crippen LogP contribution >= 0.6 is 35.3 Å². The minimum atomic E-state index is 0. The van der Waals surface area contributed by atoms with E-state index in [0.29, 0.717) is 0 Å². The van der Waals surface area contributed by atoms with E-state index < -0.39 is 0 Å². The van der Waals surface area contributed by atoms with Gasteiger partial charge in [-0.05, 0) is 55.9 Å². The summed E-state index contributed by atoms with van der Waals surface area (Å²) in [6.45, 7) is 6.76. The van der Waals surface area contributed by atoms with Gasteiger partial charge >= 0.3 is 0 Å². The highest BCUT2D eigenvalue weighted by Gasteiger charge is 2.21. The summed E-state index contributed by atoms with van der Waals surface area (Å²) >= 11 is 7.84. The van der Waals surface area contributed by atoms with Crippen LogP contribution in [0.1, 0.15) is 31.7 Å². The summed E-state index contributed by atoms with van der Waals surface area (Å²) in [5, 5.41) is 5.52. The maximum atomic E-state index is 6.20. The maximum Gasteiger partial charge on any atom is 0.0973 e. The molecule has 0 unspecified atom stereocenters. The Labute approximate surface area is 125 Å². The van der Waals surface area contributed by atoms with Crippen LogP contribution in [-0.4, -0.2) is 30.6 Å². The zero-order valence-electron chi connectivity index (χ0n) is 10.8. The third-order valence-corrected chi connectivity index (χ3v) is 4.65. The molecule has 1 saturated heterocycles. The first-order chi connectivity index (χ1) is 8.31. The molecule has 1 aromatic heterocycles.